The van der Waals surface area contributed by atoms with E-state index in [0.29, 0.717) is 0 Å². The number of carbonyl (C=O) groups is 4. The van der Waals surface area contributed by atoms with Crippen molar-refractivity contribution < 1.29 is 59.1 Å². The van der Waals surface area contributed by atoms with Crippen LogP contribution in [-0.4, -0.2) is 23.9 Å². The molecule has 0 bridgehead atoms. The number of carbonyl (C=O) groups excluding carboxylic acids is 4. The third-order valence-corrected chi connectivity index (χ3v) is 0. The molecule has 0 unspecified atom stereocenters. The van der Waals surface area contributed by atoms with Crippen molar-refractivity contribution >= 4 is 23.9 Å². The number of carboxylic acids is 4. The molecule has 0 fully saturated rings. The van der Waals surface area contributed by atoms with Crippen molar-refractivity contribution in [1.29, 1.82) is 0 Å². The zero-order valence-corrected chi connectivity index (χ0v) is 11.8. The summed E-state index contributed by atoms with van der Waals surface area (Å²) in [7, 11) is 0. The normalized spacial score (nSPS) is 5.56. The van der Waals surface area contributed by atoms with Gasteiger partial charge in [0.25, 0.3) is 0 Å². The maximum absolute atomic E-state index is 8.89. The smallest absolute Gasteiger partial charge is 0.550 e. The number of hydrogen-bond donors (Lipinski definition) is 0. The number of aliphatic carboxylic acids is 4. The fraction of sp³-hybridized carbons (Fsp3) is 0.500. The van der Waals surface area contributed by atoms with Crippen LogP contribution in [-0.2, 0) is 38.7 Å². The Morgan fingerprint density at radius 1 is 0.556 bits per heavy atom. The van der Waals surface area contributed by atoms with Gasteiger partial charge in [0.15, 0.2) is 0 Å². The number of nitrogens with zero attached hydrogens (tertiary/aromatic N) is 1. The van der Waals surface area contributed by atoms with Gasteiger partial charge in [-0.25, -0.2) is 0 Å². The quantitative estimate of drug-likeness (QED) is 0.386. The summed E-state index contributed by atoms with van der Waals surface area (Å²) in [5, 5.41) is 35.6. The topological polar surface area (TPSA) is 191 Å². The van der Waals surface area contributed by atoms with Gasteiger partial charge in [0.2, 0.25) is 0 Å². The molecule has 0 aromatic heterocycles. The van der Waals surface area contributed by atoms with Crippen molar-refractivity contribution in [2.24, 2.45) is 0 Å². The molecule has 0 aromatic rings. The van der Waals surface area contributed by atoms with E-state index in [1.165, 1.54) is 0 Å². The first-order chi connectivity index (χ1) is 6.93. The first-order valence-electron chi connectivity index (χ1n) is 3.63. The Bertz CT molecular complexity index is 167. The molecule has 3 radical (unpaired) electrons. The van der Waals surface area contributed by atoms with Crippen LogP contribution >= 0.6 is 0 Å². The second-order valence-corrected chi connectivity index (χ2v) is 1.97. The van der Waals surface area contributed by atoms with E-state index in [-0.39, 0.29) is 25.6 Å². The van der Waals surface area contributed by atoms with E-state index in [4.69, 9.17) is 39.6 Å². The molecule has 0 aromatic carbocycles. The van der Waals surface area contributed by atoms with Crippen LogP contribution in [0.5, 0.6) is 0 Å². The molecule has 0 amide bonds. The summed E-state index contributed by atoms with van der Waals surface area (Å²) >= 11 is 0. The average Bonchev–Trinajstić information content (AvgIpc) is 1.76. The summed E-state index contributed by atoms with van der Waals surface area (Å²) in [6.45, 7) is 3.89. The average molecular weight is 351 g/mol. The van der Waals surface area contributed by atoms with E-state index >= 15 is 0 Å². The molecule has 18 heavy (non-hydrogen) atoms. The predicted octanol–water partition coefficient (Wildman–Crippen LogP) is -5.46. The Morgan fingerprint density at radius 3 is 0.556 bits per heavy atom. The summed E-state index contributed by atoms with van der Waals surface area (Å²) in [5.74, 6) is -4.33. The van der Waals surface area contributed by atoms with E-state index in [2.05, 4.69) is 0 Å². The molecular weight excluding hydrogens is 339 g/mol. The van der Waals surface area contributed by atoms with Crippen LogP contribution in [0.15, 0.2) is 0 Å². The largest absolute Gasteiger partial charge is 4.00 e. The molecule has 0 saturated heterocycles. The second kappa shape index (κ2) is 29.5. The van der Waals surface area contributed by atoms with Crippen molar-refractivity contribution in [2.75, 3.05) is 0 Å². The summed E-state index contributed by atoms with van der Waals surface area (Å²) in [6.07, 6.45) is 0. The summed E-state index contributed by atoms with van der Waals surface area (Å²) < 4.78 is 0. The third kappa shape index (κ3) is 1110. The number of carboxylic acid groups (broad SMARTS) is 4. The fourth-order valence-electron chi connectivity index (χ4n) is 0. The number of hydrogen-bond acceptors (Lipinski definition) is 8. The Labute approximate surface area is 117 Å². The monoisotopic (exact) mass is 352 g/mol. The summed E-state index contributed by atoms with van der Waals surface area (Å²) in [6, 6.07) is 0. The standard InChI is InChI=1S/4C2H4O2.N.Ru/c4*1-2(3)4;;/h4*1H3,(H,3,4);;/q;;;;;+4/p-4. The Kier molecular flexibility index (Phi) is 59.0. The third-order valence-electron chi connectivity index (χ3n) is 0. The van der Waals surface area contributed by atoms with Gasteiger partial charge in [-0.3, -0.25) is 0 Å². The molecule has 0 heterocycles. The minimum atomic E-state index is -1.08. The first-order valence-corrected chi connectivity index (χ1v) is 3.63. The van der Waals surface area contributed by atoms with Gasteiger partial charge in [0.1, 0.15) is 0 Å². The van der Waals surface area contributed by atoms with Crippen molar-refractivity contribution in [3.63, 3.8) is 0 Å². The minimum absolute atomic E-state index is 0. The van der Waals surface area contributed by atoms with Crippen molar-refractivity contribution in [3.8, 4) is 0 Å². The van der Waals surface area contributed by atoms with Gasteiger partial charge in [-0.2, -0.15) is 0 Å². The van der Waals surface area contributed by atoms with Crippen LogP contribution in [0.4, 0.5) is 0 Å². The fourth-order valence-corrected chi connectivity index (χ4v) is 0. The maximum atomic E-state index is 8.89. The van der Waals surface area contributed by atoms with Crippen LogP contribution in [0.1, 0.15) is 27.7 Å². The van der Waals surface area contributed by atoms with E-state index in [9.17, 15) is 0 Å². The molecule has 0 N–H and O–H groups in total. The van der Waals surface area contributed by atoms with E-state index in [1.54, 1.807) is 0 Å². The van der Waals surface area contributed by atoms with Gasteiger partial charge in [0.05, 0.1) is 0 Å². The summed E-state index contributed by atoms with van der Waals surface area (Å²) in [5.41, 5.74) is 0. The molecule has 0 atom stereocenters. The van der Waals surface area contributed by atoms with E-state index in [0.717, 1.165) is 27.7 Å². The SMILES string of the molecule is CC(=O)[O-].CC(=O)[O-].CC(=O)[O-].CC(=O)[O-].[N].[Ru+4]. The first kappa shape index (κ1) is 36.0. The van der Waals surface area contributed by atoms with Crippen LogP contribution in [0.25, 0.3) is 0 Å². The second-order valence-electron chi connectivity index (χ2n) is 1.97. The van der Waals surface area contributed by atoms with E-state index in [1.807, 2.05) is 0 Å². The van der Waals surface area contributed by atoms with Crippen molar-refractivity contribution in [3.05, 3.63) is 0 Å². The van der Waals surface area contributed by atoms with Crippen LogP contribution in [0.3, 0.4) is 0 Å². The van der Waals surface area contributed by atoms with Crippen LogP contribution < -0.4 is 26.6 Å². The zero-order valence-electron chi connectivity index (χ0n) is 10.1. The van der Waals surface area contributed by atoms with Gasteiger partial charge < -0.3 is 39.6 Å². The molecule has 10 heteroatoms. The zero-order chi connectivity index (χ0) is 14.3. The Hall–Kier alpha value is -1.54. The minimum Gasteiger partial charge on any atom is -0.550 e. The molecular formula is C8H12NO8Ru. The molecule has 0 aliphatic rings. The summed E-state index contributed by atoms with van der Waals surface area (Å²) in [4.78, 5) is 35.6. The molecule has 0 spiro atoms. The van der Waals surface area contributed by atoms with Gasteiger partial charge in [-0.15, -0.1) is 0 Å². The molecule has 0 rings (SSSR count). The van der Waals surface area contributed by atoms with Gasteiger partial charge in [-0.1, -0.05) is 0 Å². The molecule has 0 aliphatic carbocycles. The van der Waals surface area contributed by atoms with Gasteiger partial charge in [-0.05, 0) is 27.7 Å². The molecule has 0 saturated carbocycles. The molecule has 105 valence electrons. The van der Waals surface area contributed by atoms with Crippen molar-refractivity contribution in [2.45, 2.75) is 27.7 Å². The molecule has 9 nitrogen and oxygen atoms in total. The van der Waals surface area contributed by atoms with Crippen LogP contribution in [0, 0.1) is 0 Å². The van der Waals surface area contributed by atoms with Crippen molar-refractivity contribution in [1.82, 2.24) is 6.15 Å². The predicted molar refractivity (Wildman–Crippen MR) is 44.9 cm³/mol. The Morgan fingerprint density at radius 2 is 0.556 bits per heavy atom. The van der Waals surface area contributed by atoms with E-state index < -0.39 is 23.9 Å². The molecule has 0 aliphatic heterocycles. The number of rotatable bonds is 0. The van der Waals surface area contributed by atoms with Crippen LogP contribution in [0.2, 0.25) is 0 Å². The van der Waals surface area contributed by atoms with Gasteiger partial charge in [0, 0.05) is 30.0 Å². The van der Waals surface area contributed by atoms with Gasteiger partial charge >= 0.3 is 19.5 Å². The Balaban J connectivity index is -0.0000000257. The maximum Gasteiger partial charge on any atom is 4.00 e.